The number of pyridine rings is 1. The predicted molar refractivity (Wildman–Crippen MR) is 198 cm³/mol. The molecule has 0 saturated carbocycles. The summed E-state index contributed by atoms with van der Waals surface area (Å²) in [4.78, 5) is 35.2. The van der Waals surface area contributed by atoms with Gasteiger partial charge in [-0.15, -0.1) is 0 Å². The van der Waals surface area contributed by atoms with Crippen LogP contribution in [-0.4, -0.2) is 100 Å². The highest BCUT2D eigenvalue weighted by molar-refractivity contribution is 8.32. The lowest BCUT2D eigenvalue weighted by Crippen LogP contribution is -2.55. The van der Waals surface area contributed by atoms with Gasteiger partial charge in [-0.3, -0.25) is 9.69 Å². The van der Waals surface area contributed by atoms with Gasteiger partial charge in [-0.1, -0.05) is 36.4 Å². The van der Waals surface area contributed by atoms with Crippen LogP contribution < -0.4 is 10.1 Å². The first-order chi connectivity index (χ1) is 23.7. The van der Waals surface area contributed by atoms with Crippen LogP contribution in [0.5, 0.6) is 11.5 Å². The summed E-state index contributed by atoms with van der Waals surface area (Å²) in [5.74, 6) is 0.698. The van der Waals surface area contributed by atoms with Gasteiger partial charge in [-0.2, -0.15) is 0 Å². The number of rotatable bonds is 13. The maximum absolute atomic E-state index is 15.6. The van der Waals surface area contributed by atoms with E-state index < -0.39 is 33.6 Å². The average molecular weight is 708 g/mol. The monoisotopic (exact) mass is 707 g/mol. The topological polar surface area (TPSA) is 98.2 Å². The van der Waals surface area contributed by atoms with Crippen molar-refractivity contribution >= 4 is 33.1 Å². The summed E-state index contributed by atoms with van der Waals surface area (Å²) >= 11 is 0. The summed E-state index contributed by atoms with van der Waals surface area (Å²) in [6.07, 6.45) is 9.66. The molecule has 2 aromatic heterocycles. The van der Waals surface area contributed by atoms with Gasteiger partial charge in [0.05, 0.1) is 12.0 Å². The molecule has 4 aromatic rings. The lowest BCUT2D eigenvalue weighted by Gasteiger charge is -2.36. The van der Waals surface area contributed by atoms with Gasteiger partial charge < -0.3 is 29.0 Å². The molecule has 2 amide bonds. The minimum absolute atomic E-state index is 0.0379. The Morgan fingerprint density at radius 1 is 0.960 bits per heavy atom. The molecule has 0 spiro atoms. The maximum Gasteiger partial charge on any atom is 0.408 e. The molecule has 0 aliphatic carbocycles. The molecule has 1 aliphatic heterocycles. The van der Waals surface area contributed by atoms with Crippen molar-refractivity contribution in [3.8, 4) is 11.5 Å². The van der Waals surface area contributed by atoms with Crippen molar-refractivity contribution in [2.75, 3.05) is 57.3 Å². The molecule has 1 N–H and O–H groups in total. The second kappa shape index (κ2) is 16.3. The van der Waals surface area contributed by atoms with Crippen molar-refractivity contribution in [1.29, 1.82) is 0 Å². The number of carbonyl (C=O) groups is 2. The second-order valence-electron chi connectivity index (χ2n) is 14.5. The summed E-state index contributed by atoms with van der Waals surface area (Å²) in [5, 5.41) is 3.49. The summed E-state index contributed by atoms with van der Waals surface area (Å²) in [7, 11) is -0.646. The first-order valence-electron chi connectivity index (χ1n) is 16.9. The van der Waals surface area contributed by atoms with E-state index in [9.17, 15) is 9.59 Å². The number of nitrogens with zero attached hydrogens (tertiary/aromatic N) is 4. The first kappa shape index (κ1) is 37.1. The van der Waals surface area contributed by atoms with Crippen LogP contribution in [0.4, 0.5) is 9.18 Å². The summed E-state index contributed by atoms with van der Waals surface area (Å²) in [6.45, 7) is 9.56. The molecule has 270 valence electrons. The van der Waals surface area contributed by atoms with Crippen LogP contribution in [0.2, 0.25) is 0 Å². The number of ether oxygens (including phenoxy) is 3. The van der Waals surface area contributed by atoms with E-state index in [1.165, 1.54) is 11.6 Å². The van der Waals surface area contributed by atoms with E-state index in [1.807, 2.05) is 35.0 Å². The van der Waals surface area contributed by atoms with Crippen LogP contribution in [0, 0.1) is 5.82 Å². The Labute approximate surface area is 296 Å². The van der Waals surface area contributed by atoms with E-state index in [4.69, 9.17) is 14.2 Å². The number of amides is 2. The highest BCUT2D eigenvalue weighted by Gasteiger charge is 2.31. The third-order valence-electron chi connectivity index (χ3n) is 8.27. The van der Waals surface area contributed by atoms with Crippen LogP contribution in [0.1, 0.15) is 31.9 Å². The lowest BCUT2D eigenvalue weighted by atomic mass is 10.0. The van der Waals surface area contributed by atoms with Gasteiger partial charge in [0, 0.05) is 57.3 Å². The molecule has 12 heteroatoms. The Morgan fingerprint density at radius 2 is 1.70 bits per heavy atom. The minimum atomic E-state index is -0.941. The number of hydrogen-bond acceptors (Lipinski definition) is 7. The van der Waals surface area contributed by atoms with E-state index in [1.54, 1.807) is 50.1 Å². The number of aromatic nitrogens is 2. The van der Waals surface area contributed by atoms with E-state index in [2.05, 4.69) is 46.1 Å². The number of piperazine rings is 1. The normalized spacial score (nSPS) is 15.1. The predicted octanol–water partition coefficient (Wildman–Crippen LogP) is 6.42. The van der Waals surface area contributed by atoms with Crippen molar-refractivity contribution in [1.82, 2.24) is 24.7 Å². The third kappa shape index (κ3) is 10.7. The van der Waals surface area contributed by atoms with E-state index in [0.29, 0.717) is 56.5 Å². The molecule has 3 heterocycles. The zero-order valence-electron chi connectivity index (χ0n) is 30.0. The summed E-state index contributed by atoms with van der Waals surface area (Å²) in [5.41, 5.74) is 1.69. The maximum atomic E-state index is 15.6. The van der Waals surface area contributed by atoms with E-state index in [0.717, 1.165) is 17.7 Å². The highest BCUT2D eigenvalue weighted by atomic mass is 32.3. The van der Waals surface area contributed by atoms with Crippen molar-refractivity contribution in [2.45, 2.75) is 52.1 Å². The van der Waals surface area contributed by atoms with Crippen LogP contribution in [0.25, 0.3) is 11.0 Å². The van der Waals surface area contributed by atoms with Crippen molar-refractivity contribution in [3.05, 3.63) is 90.0 Å². The highest BCUT2D eigenvalue weighted by Crippen LogP contribution is 2.34. The molecule has 5 rings (SSSR count). The van der Waals surface area contributed by atoms with Gasteiger partial charge in [-0.05, 0) is 74.9 Å². The lowest BCUT2D eigenvalue weighted by molar-refractivity contribution is -0.135. The number of alkyl carbamates (subject to hydrolysis) is 1. The fraction of sp³-hybridized carbons (Fsp3) is 0.447. The molecule has 1 fully saturated rings. The smallest absolute Gasteiger partial charge is 0.408 e. The van der Waals surface area contributed by atoms with Gasteiger partial charge >= 0.3 is 6.09 Å². The van der Waals surface area contributed by atoms with Gasteiger partial charge in [0.1, 0.15) is 29.8 Å². The quantitative estimate of drug-likeness (QED) is 0.160. The summed E-state index contributed by atoms with van der Waals surface area (Å²) < 4.78 is 34.9. The molecule has 1 aliphatic rings. The van der Waals surface area contributed by atoms with Gasteiger partial charge in [0.2, 0.25) is 5.91 Å². The Morgan fingerprint density at radius 3 is 2.38 bits per heavy atom. The molecule has 10 nitrogen and oxygen atoms in total. The van der Waals surface area contributed by atoms with Crippen molar-refractivity contribution < 1.29 is 28.2 Å². The Kier molecular flexibility index (Phi) is 12.1. The Balaban J connectivity index is 1.25. The number of hydrogen-bond donors (Lipinski definition) is 1. The van der Waals surface area contributed by atoms with Crippen LogP contribution in [0.15, 0.2) is 73.1 Å². The number of fused-ring (bicyclic) bond motifs is 1. The second-order valence-corrected chi connectivity index (χ2v) is 19.1. The molecule has 0 bridgehead atoms. The zero-order valence-corrected chi connectivity index (χ0v) is 30.8. The fourth-order valence-electron chi connectivity index (χ4n) is 5.68. The Bertz CT molecular complexity index is 1750. The molecule has 2 aromatic carbocycles. The van der Waals surface area contributed by atoms with Gasteiger partial charge in [0.25, 0.3) is 0 Å². The fourth-order valence-corrected chi connectivity index (χ4v) is 6.30. The SMILES string of the molecule is CC(C)(C)OC(=O)N[C@@H](Cc1ccc(Oc2ccnc3c2ccn3COCCS(C)(C)C)c(F)c1)C(=O)N1CCN(Cc2ccccc2)CC1. The van der Waals surface area contributed by atoms with E-state index in [-0.39, 0.29) is 18.1 Å². The number of nitrogens with one attached hydrogen (secondary N) is 1. The standard InChI is InChI=1S/C38H50FN5O5S/c1-38(2,3)49-37(46)41-32(36(45)43-20-18-42(19-21-43)26-28-10-8-7-9-11-28)25-29-12-13-34(31(39)24-29)48-33-14-16-40-35-30(33)15-17-44(35)27-47-22-23-50(4,5)6/h7-17,24,32H,18-23,25-27H2,1-6H3,(H,41,46)/t32-/m0/s1. The number of benzene rings is 2. The third-order valence-corrected chi connectivity index (χ3v) is 9.66. The molecule has 1 saturated heterocycles. The summed E-state index contributed by atoms with van der Waals surface area (Å²) in [6, 6.07) is 17.5. The Hall–Kier alpha value is -4.13. The first-order valence-corrected chi connectivity index (χ1v) is 20.0. The number of carbonyl (C=O) groups excluding carboxylic acids is 2. The molecular formula is C38H50FN5O5S. The molecule has 0 unspecified atom stereocenters. The van der Waals surface area contributed by atoms with Crippen LogP contribution in [0.3, 0.4) is 0 Å². The minimum Gasteiger partial charge on any atom is -0.453 e. The van der Waals surface area contributed by atoms with Crippen LogP contribution >= 0.6 is 10.0 Å². The molecular weight excluding hydrogens is 658 g/mol. The zero-order chi connectivity index (χ0) is 35.9. The van der Waals surface area contributed by atoms with Gasteiger partial charge in [0.15, 0.2) is 11.6 Å². The molecule has 1 atom stereocenters. The average Bonchev–Trinajstić information content (AvgIpc) is 3.47. The molecule has 0 radical (unpaired) electrons. The largest absolute Gasteiger partial charge is 0.453 e. The van der Waals surface area contributed by atoms with Crippen molar-refractivity contribution in [3.63, 3.8) is 0 Å². The van der Waals surface area contributed by atoms with Crippen LogP contribution in [-0.2, 0) is 34.0 Å². The van der Waals surface area contributed by atoms with Gasteiger partial charge in [-0.25, -0.2) is 24.2 Å². The van der Waals surface area contributed by atoms with Crippen molar-refractivity contribution in [2.24, 2.45) is 0 Å². The van der Waals surface area contributed by atoms with E-state index >= 15 is 4.39 Å². The molecule has 50 heavy (non-hydrogen) atoms. The number of halogens is 1.